The lowest BCUT2D eigenvalue weighted by molar-refractivity contribution is 0.102. The monoisotopic (exact) mass is 218 g/mol. The molecule has 6 heteroatoms. The summed E-state index contributed by atoms with van der Waals surface area (Å²) in [6, 6.07) is 6.95. The van der Waals surface area contributed by atoms with Gasteiger partial charge < -0.3 is 10.4 Å². The van der Waals surface area contributed by atoms with Crippen LogP contribution in [0.25, 0.3) is 0 Å². The molecule has 2 aromatic rings. The van der Waals surface area contributed by atoms with E-state index >= 15 is 0 Å². The third-order valence-electron chi connectivity index (χ3n) is 2.02. The molecule has 2 rings (SSSR count). The minimum absolute atomic E-state index is 0.0618. The van der Waals surface area contributed by atoms with Crippen LogP contribution in [0.4, 0.5) is 5.69 Å². The number of nitrogens with zero attached hydrogens (tertiary/aromatic N) is 2. The highest BCUT2D eigenvalue weighted by Gasteiger charge is 2.08. The summed E-state index contributed by atoms with van der Waals surface area (Å²) < 4.78 is 0. The Bertz CT molecular complexity index is 481. The van der Waals surface area contributed by atoms with Crippen LogP contribution in [0.5, 0.6) is 0 Å². The summed E-state index contributed by atoms with van der Waals surface area (Å²) in [6.45, 7) is -0.0618. The molecule has 82 valence electrons. The van der Waals surface area contributed by atoms with Crippen molar-refractivity contribution in [1.82, 2.24) is 15.4 Å². The number of carbonyl (C=O) groups excluding carboxylic acids is 1. The second kappa shape index (κ2) is 4.54. The number of rotatable bonds is 3. The van der Waals surface area contributed by atoms with Crippen LogP contribution in [-0.4, -0.2) is 26.4 Å². The number of carbonyl (C=O) groups is 1. The van der Waals surface area contributed by atoms with E-state index in [1.54, 1.807) is 24.3 Å². The van der Waals surface area contributed by atoms with E-state index < -0.39 is 0 Å². The zero-order valence-electron chi connectivity index (χ0n) is 8.34. The van der Waals surface area contributed by atoms with Crippen molar-refractivity contribution in [3.8, 4) is 0 Å². The quantitative estimate of drug-likeness (QED) is 0.701. The second-order valence-electron chi connectivity index (χ2n) is 3.17. The van der Waals surface area contributed by atoms with Crippen LogP contribution in [0.15, 0.2) is 30.5 Å². The Kier molecular flexibility index (Phi) is 2.93. The lowest BCUT2D eigenvalue weighted by atomic mass is 10.2. The van der Waals surface area contributed by atoms with Crippen molar-refractivity contribution in [2.45, 2.75) is 6.61 Å². The number of H-pyrrole nitrogens is 1. The Labute approximate surface area is 91.3 Å². The summed E-state index contributed by atoms with van der Waals surface area (Å²) in [4.78, 5) is 11.6. The molecule has 1 heterocycles. The number of aliphatic hydroxyl groups excluding tert-OH is 1. The minimum Gasteiger partial charge on any atom is -0.392 e. The molecule has 0 unspecified atom stereocenters. The number of aromatic nitrogens is 3. The van der Waals surface area contributed by atoms with Gasteiger partial charge >= 0.3 is 0 Å². The van der Waals surface area contributed by atoms with Crippen molar-refractivity contribution in [1.29, 1.82) is 0 Å². The Morgan fingerprint density at radius 2 is 2.38 bits per heavy atom. The van der Waals surface area contributed by atoms with Gasteiger partial charge in [-0.15, -0.1) is 0 Å². The zero-order chi connectivity index (χ0) is 11.4. The largest absolute Gasteiger partial charge is 0.392 e. The molecule has 16 heavy (non-hydrogen) atoms. The average molecular weight is 218 g/mol. The third kappa shape index (κ3) is 2.23. The fourth-order valence-electron chi connectivity index (χ4n) is 1.25. The fourth-order valence-corrected chi connectivity index (χ4v) is 1.25. The molecule has 0 aliphatic rings. The Morgan fingerprint density at radius 1 is 1.50 bits per heavy atom. The average Bonchev–Trinajstić information content (AvgIpc) is 2.83. The van der Waals surface area contributed by atoms with E-state index in [0.717, 1.165) is 5.56 Å². The number of hydrogen-bond donors (Lipinski definition) is 3. The number of anilines is 1. The minimum atomic E-state index is -0.344. The molecule has 0 aliphatic carbocycles. The van der Waals surface area contributed by atoms with Crippen molar-refractivity contribution < 1.29 is 9.90 Å². The van der Waals surface area contributed by atoms with Crippen LogP contribution >= 0.6 is 0 Å². The van der Waals surface area contributed by atoms with Crippen LogP contribution in [0.2, 0.25) is 0 Å². The van der Waals surface area contributed by atoms with Crippen LogP contribution in [0, 0.1) is 0 Å². The molecule has 0 saturated heterocycles. The molecule has 0 saturated carbocycles. The Hall–Kier alpha value is -2.21. The lowest BCUT2D eigenvalue weighted by Crippen LogP contribution is -2.12. The van der Waals surface area contributed by atoms with E-state index in [1.165, 1.54) is 6.20 Å². The van der Waals surface area contributed by atoms with E-state index in [1.807, 2.05) is 0 Å². The maximum atomic E-state index is 11.6. The number of nitrogens with one attached hydrogen (secondary N) is 2. The highest BCUT2D eigenvalue weighted by molar-refractivity contribution is 6.02. The number of amides is 1. The summed E-state index contributed by atoms with van der Waals surface area (Å²) in [5.74, 6) is -0.344. The van der Waals surface area contributed by atoms with Gasteiger partial charge in [-0.3, -0.25) is 4.79 Å². The van der Waals surface area contributed by atoms with E-state index in [2.05, 4.69) is 20.7 Å². The number of hydrogen-bond acceptors (Lipinski definition) is 4. The molecule has 0 fully saturated rings. The smallest absolute Gasteiger partial charge is 0.277 e. The van der Waals surface area contributed by atoms with Gasteiger partial charge in [-0.2, -0.15) is 15.4 Å². The first-order valence-corrected chi connectivity index (χ1v) is 4.66. The maximum absolute atomic E-state index is 11.6. The first-order valence-electron chi connectivity index (χ1n) is 4.66. The normalized spacial score (nSPS) is 10.1. The van der Waals surface area contributed by atoms with Crippen LogP contribution in [0.1, 0.15) is 16.1 Å². The molecule has 1 aromatic heterocycles. The van der Waals surface area contributed by atoms with Crippen LogP contribution < -0.4 is 5.32 Å². The summed E-state index contributed by atoms with van der Waals surface area (Å²) >= 11 is 0. The molecule has 0 spiro atoms. The maximum Gasteiger partial charge on any atom is 0.277 e. The predicted octanol–water partition coefficient (Wildman–Crippen LogP) is 0.549. The number of benzene rings is 1. The molecule has 0 aliphatic heterocycles. The van der Waals surface area contributed by atoms with Gasteiger partial charge in [0.2, 0.25) is 0 Å². The first-order chi connectivity index (χ1) is 7.79. The van der Waals surface area contributed by atoms with Crippen molar-refractivity contribution in [2.75, 3.05) is 5.32 Å². The molecule has 0 bridgehead atoms. The van der Waals surface area contributed by atoms with Gasteiger partial charge in [0.25, 0.3) is 5.91 Å². The van der Waals surface area contributed by atoms with Crippen molar-refractivity contribution >= 4 is 11.6 Å². The van der Waals surface area contributed by atoms with Crippen LogP contribution in [-0.2, 0) is 6.61 Å². The molecule has 1 amide bonds. The molecule has 6 nitrogen and oxygen atoms in total. The van der Waals surface area contributed by atoms with Gasteiger partial charge in [-0.05, 0) is 17.7 Å². The van der Waals surface area contributed by atoms with Gasteiger partial charge in [0.15, 0.2) is 5.69 Å². The van der Waals surface area contributed by atoms with Gasteiger partial charge in [0.1, 0.15) is 0 Å². The SMILES string of the molecule is O=C(Nc1cccc(CO)c1)c1cn[nH]n1. The number of aromatic amines is 1. The molecule has 3 N–H and O–H groups in total. The van der Waals surface area contributed by atoms with Gasteiger partial charge in [0.05, 0.1) is 12.8 Å². The van der Waals surface area contributed by atoms with E-state index in [0.29, 0.717) is 5.69 Å². The van der Waals surface area contributed by atoms with E-state index in [4.69, 9.17) is 5.11 Å². The van der Waals surface area contributed by atoms with E-state index in [-0.39, 0.29) is 18.2 Å². The summed E-state index contributed by atoms with van der Waals surface area (Å²) in [5.41, 5.74) is 1.56. The predicted molar refractivity (Wildman–Crippen MR) is 56.7 cm³/mol. The molecular weight excluding hydrogens is 208 g/mol. The summed E-state index contributed by atoms with van der Waals surface area (Å²) in [7, 11) is 0. The second-order valence-corrected chi connectivity index (χ2v) is 3.17. The fraction of sp³-hybridized carbons (Fsp3) is 0.100. The van der Waals surface area contributed by atoms with Crippen LogP contribution in [0.3, 0.4) is 0 Å². The van der Waals surface area contributed by atoms with Gasteiger partial charge in [0, 0.05) is 5.69 Å². The molecular formula is C10H10N4O2. The molecule has 0 atom stereocenters. The lowest BCUT2D eigenvalue weighted by Gasteiger charge is -2.04. The van der Waals surface area contributed by atoms with Crippen molar-refractivity contribution in [3.63, 3.8) is 0 Å². The third-order valence-corrected chi connectivity index (χ3v) is 2.02. The first kappa shape index (κ1) is 10.3. The van der Waals surface area contributed by atoms with E-state index in [9.17, 15) is 4.79 Å². The topological polar surface area (TPSA) is 90.9 Å². The number of aliphatic hydroxyl groups is 1. The summed E-state index contributed by atoms with van der Waals surface area (Å²) in [6.07, 6.45) is 1.34. The highest BCUT2D eigenvalue weighted by Crippen LogP contribution is 2.11. The molecule has 1 aromatic carbocycles. The van der Waals surface area contributed by atoms with Gasteiger partial charge in [-0.1, -0.05) is 12.1 Å². The van der Waals surface area contributed by atoms with Gasteiger partial charge in [-0.25, -0.2) is 0 Å². The Balaban J connectivity index is 2.12. The zero-order valence-corrected chi connectivity index (χ0v) is 8.34. The van der Waals surface area contributed by atoms with Crippen molar-refractivity contribution in [2.24, 2.45) is 0 Å². The summed E-state index contributed by atoms with van der Waals surface area (Å²) in [5, 5.41) is 21.1. The Morgan fingerprint density at radius 3 is 3.06 bits per heavy atom. The standard InChI is InChI=1S/C10H10N4O2/c15-6-7-2-1-3-8(4-7)12-10(16)9-5-11-14-13-9/h1-5,15H,6H2,(H,12,16)(H,11,13,14). The highest BCUT2D eigenvalue weighted by atomic mass is 16.3. The van der Waals surface area contributed by atoms with Crippen molar-refractivity contribution in [3.05, 3.63) is 41.7 Å². The molecule has 0 radical (unpaired) electrons.